The average Bonchev–Trinajstić information content (AvgIpc) is 3.22. The number of rotatable bonds is 2. The molecule has 0 spiro atoms. The van der Waals surface area contributed by atoms with E-state index in [4.69, 9.17) is 31.5 Å². The number of hydrogen-bond donors (Lipinski definition) is 1. The molecule has 0 saturated heterocycles. The highest BCUT2D eigenvalue weighted by Crippen LogP contribution is 2.48. The van der Waals surface area contributed by atoms with Crippen LogP contribution in [0.2, 0.25) is 5.02 Å². The Hall–Kier alpha value is -3.61. The minimum absolute atomic E-state index is 0.215. The molecule has 0 aliphatic carbocycles. The quantitative estimate of drug-likeness (QED) is 0.333. The first kappa shape index (κ1) is 19.1. The van der Waals surface area contributed by atoms with Crippen molar-refractivity contribution < 1.29 is 9.15 Å². The molecule has 3 aromatic carbocycles. The molecule has 0 saturated carbocycles. The lowest BCUT2D eigenvalue weighted by molar-refractivity contribution is 0.399. The molecule has 3 heterocycles. The fourth-order valence-electron chi connectivity index (χ4n) is 4.15. The number of benzene rings is 3. The van der Waals surface area contributed by atoms with Gasteiger partial charge in [0.1, 0.15) is 10.6 Å². The van der Waals surface area contributed by atoms with E-state index in [1.165, 1.54) is 11.3 Å². The maximum atomic E-state index is 13.2. The van der Waals surface area contributed by atoms with E-state index in [9.17, 15) is 4.79 Å². The number of hydrogen-bond acceptors (Lipinski definition) is 6. The lowest BCUT2D eigenvalue weighted by atomic mass is 9.83. The molecule has 0 amide bonds. The van der Waals surface area contributed by atoms with Gasteiger partial charge in [-0.15, -0.1) is 11.3 Å². The minimum atomic E-state index is -0.516. The molecule has 1 atom stereocenters. The molecule has 0 radical (unpaired) electrons. The van der Waals surface area contributed by atoms with Crippen LogP contribution >= 0.6 is 22.9 Å². The predicted molar refractivity (Wildman–Crippen MR) is 127 cm³/mol. The molecule has 7 heteroatoms. The molecule has 2 aromatic heterocycles. The Kier molecular flexibility index (Phi) is 4.31. The van der Waals surface area contributed by atoms with Gasteiger partial charge in [-0.2, -0.15) is 0 Å². The van der Waals surface area contributed by atoms with Gasteiger partial charge in [0, 0.05) is 5.02 Å². The molecular formula is C25H15ClN2O3S. The Balaban J connectivity index is 1.67. The van der Waals surface area contributed by atoms with Crippen LogP contribution in [0.3, 0.4) is 0 Å². The predicted octanol–water partition coefficient (Wildman–Crippen LogP) is 5.91. The molecule has 0 bridgehead atoms. The number of aromatic nitrogens is 1. The first-order chi connectivity index (χ1) is 15.6. The second kappa shape index (κ2) is 7.22. The molecule has 1 aliphatic heterocycles. The highest BCUT2D eigenvalue weighted by molar-refractivity contribution is 7.19. The zero-order valence-corrected chi connectivity index (χ0v) is 18.1. The highest BCUT2D eigenvalue weighted by Gasteiger charge is 2.37. The van der Waals surface area contributed by atoms with Crippen molar-refractivity contribution in [2.75, 3.05) is 0 Å². The van der Waals surface area contributed by atoms with Gasteiger partial charge in [0.15, 0.2) is 11.6 Å². The lowest BCUT2D eigenvalue weighted by Crippen LogP contribution is -2.26. The molecule has 156 valence electrons. The van der Waals surface area contributed by atoms with Gasteiger partial charge in [-0.05, 0) is 42.0 Å². The Labute approximate surface area is 191 Å². The zero-order chi connectivity index (χ0) is 21.8. The third-order valence-electron chi connectivity index (χ3n) is 5.58. The van der Waals surface area contributed by atoms with Crippen LogP contribution in [0.5, 0.6) is 5.75 Å². The second-order valence-corrected chi connectivity index (χ2v) is 8.95. The van der Waals surface area contributed by atoms with Crippen LogP contribution in [0.4, 0.5) is 0 Å². The Morgan fingerprint density at radius 1 is 0.969 bits per heavy atom. The van der Waals surface area contributed by atoms with Crippen molar-refractivity contribution in [2.24, 2.45) is 5.73 Å². The molecule has 0 unspecified atom stereocenters. The molecule has 1 aliphatic rings. The summed E-state index contributed by atoms with van der Waals surface area (Å²) in [6.45, 7) is 0. The van der Waals surface area contributed by atoms with Crippen molar-refractivity contribution in [1.29, 1.82) is 0 Å². The monoisotopic (exact) mass is 458 g/mol. The molecule has 6 rings (SSSR count). The first-order valence-corrected chi connectivity index (χ1v) is 11.1. The average molecular weight is 459 g/mol. The normalized spacial score (nSPS) is 15.7. The third-order valence-corrected chi connectivity index (χ3v) is 6.90. The van der Waals surface area contributed by atoms with Crippen LogP contribution in [0.1, 0.15) is 22.1 Å². The van der Waals surface area contributed by atoms with E-state index in [1.54, 1.807) is 18.2 Å². The van der Waals surface area contributed by atoms with Gasteiger partial charge in [-0.1, -0.05) is 48.0 Å². The second-order valence-electron chi connectivity index (χ2n) is 7.48. The van der Waals surface area contributed by atoms with Crippen LogP contribution in [-0.4, -0.2) is 4.98 Å². The number of nitrogens with zero attached hydrogens (tertiary/aromatic N) is 1. The summed E-state index contributed by atoms with van der Waals surface area (Å²) in [6.07, 6.45) is 0. The smallest absolute Gasteiger partial charge is 0.344 e. The van der Waals surface area contributed by atoms with Crippen LogP contribution < -0.4 is 16.1 Å². The summed E-state index contributed by atoms with van der Waals surface area (Å²) in [5, 5.41) is 1.99. The zero-order valence-electron chi connectivity index (χ0n) is 16.5. The van der Waals surface area contributed by atoms with E-state index < -0.39 is 11.5 Å². The largest absolute Gasteiger partial charge is 0.440 e. The number of halogens is 1. The first-order valence-electron chi connectivity index (χ1n) is 9.95. The van der Waals surface area contributed by atoms with E-state index in [0.29, 0.717) is 37.9 Å². The van der Waals surface area contributed by atoms with Crippen molar-refractivity contribution in [3.8, 4) is 5.75 Å². The number of allylic oxidation sites excluding steroid dienone is 1. The van der Waals surface area contributed by atoms with E-state index in [2.05, 4.69) is 0 Å². The molecule has 0 fully saturated rings. The fourth-order valence-corrected chi connectivity index (χ4v) is 5.32. The van der Waals surface area contributed by atoms with Crippen LogP contribution in [0, 0.1) is 0 Å². The Morgan fingerprint density at radius 2 is 1.72 bits per heavy atom. The fraction of sp³-hybridized carbons (Fsp3) is 0.0400. The van der Waals surface area contributed by atoms with Gasteiger partial charge >= 0.3 is 5.63 Å². The van der Waals surface area contributed by atoms with Crippen molar-refractivity contribution in [1.82, 2.24) is 4.98 Å². The summed E-state index contributed by atoms with van der Waals surface area (Å²) in [5.41, 5.74) is 9.24. The summed E-state index contributed by atoms with van der Waals surface area (Å²) < 4.78 is 12.8. The van der Waals surface area contributed by atoms with Gasteiger partial charge in [0.25, 0.3) is 0 Å². The number of ether oxygens (including phenoxy) is 1. The number of thiazole rings is 1. The van der Waals surface area contributed by atoms with E-state index >= 15 is 0 Å². The topological polar surface area (TPSA) is 78.4 Å². The Morgan fingerprint density at radius 3 is 2.53 bits per heavy atom. The lowest BCUT2D eigenvalue weighted by Gasteiger charge is -2.28. The number of para-hydroxylation sites is 2. The van der Waals surface area contributed by atoms with Crippen molar-refractivity contribution in [3.63, 3.8) is 0 Å². The van der Waals surface area contributed by atoms with E-state index in [0.717, 1.165) is 15.8 Å². The van der Waals surface area contributed by atoms with E-state index in [1.807, 2.05) is 54.6 Å². The van der Waals surface area contributed by atoms with Crippen molar-refractivity contribution >= 4 is 49.7 Å². The van der Waals surface area contributed by atoms with Gasteiger partial charge in [0.05, 0.1) is 32.7 Å². The van der Waals surface area contributed by atoms with Gasteiger partial charge in [-0.25, -0.2) is 9.78 Å². The standard InChI is InChI=1S/C25H15ClN2O3S/c26-14-11-9-13(10-12-14)19-20-22(15-5-1-3-7-17(15)30-25(20)29)31-23(27)21(19)24-28-16-6-2-4-8-18(16)32-24/h1-12,19H,27H2/t19-/m0/s1. The highest BCUT2D eigenvalue weighted by atomic mass is 35.5. The SMILES string of the molecule is NC1=C(c2nc3ccccc3s2)[C@@H](c2ccc(Cl)cc2)c2c(c3ccccc3oc2=O)O1. The number of fused-ring (bicyclic) bond motifs is 4. The van der Waals surface area contributed by atoms with Crippen LogP contribution in [0.25, 0.3) is 26.8 Å². The Bertz CT molecular complexity index is 1570. The summed E-state index contributed by atoms with van der Waals surface area (Å²) >= 11 is 7.65. The summed E-state index contributed by atoms with van der Waals surface area (Å²) in [7, 11) is 0. The molecule has 5 aromatic rings. The molecule has 5 nitrogen and oxygen atoms in total. The molecular weight excluding hydrogens is 444 g/mol. The third kappa shape index (κ3) is 2.92. The maximum absolute atomic E-state index is 13.2. The summed E-state index contributed by atoms with van der Waals surface area (Å²) in [5.74, 6) is 0.115. The molecule has 2 N–H and O–H groups in total. The van der Waals surface area contributed by atoms with Crippen LogP contribution in [0.15, 0.2) is 87.9 Å². The summed E-state index contributed by atoms with van der Waals surface area (Å²) in [4.78, 5) is 18.0. The number of nitrogens with two attached hydrogens (primary N) is 1. The van der Waals surface area contributed by atoms with E-state index in [-0.39, 0.29) is 5.88 Å². The van der Waals surface area contributed by atoms with Crippen LogP contribution in [-0.2, 0) is 0 Å². The van der Waals surface area contributed by atoms with Gasteiger partial charge in [-0.3, -0.25) is 0 Å². The minimum Gasteiger partial charge on any atom is -0.440 e. The maximum Gasteiger partial charge on any atom is 0.344 e. The van der Waals surface area contributed by atoms with Crippen molar-refractivity contribution in [3.05, 3.63) is 110 Å². The summed E-state index contributed by atoms with van der Waals surface area (Å²) in [6, 6.07) is 22.5. The molecule has 32 heavy (non-hydrogen) atoms. The van der Waals surface area contributed by atoms with Crippen molar-refractivity contribution in [2.45, 2.75) is 5.92 Å². The van der Waals surface area contributed by atoms with Gasteiger partial charge in [0.2, 0.25) is 0 Å². The van der Waals surface area contributed by atoms with Gasteiger partial charge < -0.3 is 14.9 Å².